The third kappa shape index (κ3) is 4.59. The molecule has 1 aliphatic heterocycles. The van der Waals surface area contributed by atoms with Gasteiger partial charge in [0.1, 0.15) is 0 Å². The second-order valence-corrected chi connectivity index (χ2v) is 9.42. The van der Waals surface area contributed by atoms with Gasteiger partial charge in [-0.3, -0.25) is 9.37 Å². The zero-order valence-corrected chi connectivity index (χ0v) is 18.6. The van der Waals surface area contributed by atoms with Gasteiger partial charge in [-0.15, -0.1) is 0 Å². The highest BCUT2D eigenvalue weighted by Gasteiger charge is 2.25. The first-order valence-corrected chi connectivity index (χ1v) is 11.9. The topological polar surface area (TPSA) is 46.6 Å². The summed E-state index contributed by atoms with van der Waals surface area (Å²) in [4.78, 5) is 7.33. The smallest absolute Gasteiger partial charge is 0.163 e. The van der Waals surface area contributed by atoms with E-state index in [0.29, 0.717) is 6.61 Å². The van der Waals surface area contributed by atoms with Gasteiger partial charge in [0.15, 0.2) is 11.5 Å². The average Bonchev–Trinajstić information content (AvgIpc) is 3.30. The summed E-state index contributed by atoms with van der Waals surface area (Å²) in [5.74, 6) is 2.56. The molecule has 1 N–H and O–H groups in total. The fraction of sp³-hybridized carbons (Fsp3) is 0.640. The first-order chi connectivity index (χ1) is 15.2. The Kier molecular flexibility index (Phi) is 6.17. The molecule has 1 saturated carbocycles. The first kappa shape index (κ1) is 20.8. The number of pyridine rings is 1. The maximum Gasteiger partial charge on any atom is 0.163 e. The molecule has 2 fully saturated rings. The lowest BCUT2D eigenvalue weighted by molar-refractivity contribution is 0.247. The summed E-state index contributed by atoms with van der Waals surface area (Å²) < 4.78 is 24.6. The molecular weight excluding hydrogens is 393 g/mol. The van der Waals surface area contributed by atoms with E-state index in [9.17, 15) is 4.39 Å². The fourth-order valence-electron chi connectivity index (χ4n) is 5.03. The highest BCUT2D eigenvalue weighted by atomic mass is 19.1. The third-order valence-corrected chi connectivity index (χ3v) is 7.03. The Morgan fingerprint density at radius 1 is 1.16 bits per heavy atom. The molecule has 1 aromatic carbocycles. The van der Waals surface area contributed by atoms with Crippen LogP contribution in [0.25, 0.3) is 10.9 Å². The van der Waals surface area contributed by atoms with E-state index in [-0.39, 0.29) is 12.6 Å². The molecule has 6 heteroatoms. The minimum absolute atomic E-state index is 0.199. The van der Waals surface area contributed by atoms with Gasteiger partial charge in [-0.05, 0) is 69.0 Å². The largest absolute Gasteiger partial charge is 0.493 e. The Morgan fingerprint density at radius 2 is 2.06 bits per heavy atom. The molecule has 0 amide bonds. The monoisotopic (exact) mass is 427 g/mol. The predicted molar refractivity (Wildman–Crippen MR) is 122 cm³/mol. The van der Waals surface area contributed by atoms with E-state index in [1.165, 1.54) is 36.2 Å². The number of nitrogens with zero attached hydrogens (tertiary/aromatic N) is 2. The summed E-state index contributed by atoms with van der Waals surface area (Å²) >= 11 is 0. The number of aryl methyl sites for hydroxylation is 1. The van der Waals surface area contributed by atoms with E-state index in [1.807, 2.05) is 6.07 Å². The molecule has 0 radical (unpaired) electrons. The Bertz CT molecular complexity index is 931. The van der Waals surface area contributed by atoms with E-state index in [4.69, 9.17) is 14.5 Å². The number of alkyl halides is 1. The van der Waals surface area contributed by atoms with E-state index < -0.39 is 0 Å². The minimum atomic E-state index is -0.199. The van der Waals surface area contributed by atoms with Gasteiger partial charge >= 0.3 is 0 Å². The van der Waals surface area contributed by atoms with Crippen LogP contribution < -0.4 is 14.8 Å². The number of nitrogens with one attached hydrogen (secondary N) is 1. The molecule has 2 aliphatic carbocycles. The van der Waals surface area contributed by atoms with Crippen molar-refractivity contribution in [3.8, 4) is 11.5 Å². The second-order valence-electron chi connectivity index (χ2n) is 9.42. The minimum Gasteiger partial charge on any atom is -0.493 e. The van der Waals surface area contributed by atoms with Crippen molar-refractivity contribution in [2.24, 2.45) is 11.8 Å². The van der Waals surface area contributed by atoms with Crippen molar-refractivity contribution in [2.75, 3.05) is 51.9 Å². The molecule has 2 aromatic rings. The second kappa shape index (κ2) is 9.19. The van der Waals surface area contributed by atoms with Crippen molar-refractivity contribution in [2.45, 2.75) is 44.9 Å². The number of ether oxygens (including phenoxy) is 2. The Morgan fingerprint density at radius 3 is 2.84 bits per heavy atom. The van der Waals surface area contributed by atoms with Crippen LogP contribution in [0.15, 0.2) is 12.1 Å². The molecule has 5 rings (SSSR count). The molecule has 31 heavy (non-hydrogen) atoms. The van der Waals surface area contributed by atoms with Crippen molar-refractivity contribution in [3.05, 3.63) is 23.4 Å². The van der Waals surface area contributed by atoms with Crippen molar-refractivity contribution >= 4 is 16.6 Å². The third-order valence-electron chi connectivity index (χ3n) is 7.03. The van der Waals surface area contributed by atoms with Crippen LogP contribution >= 0.6 is 0 Å². The lowest BCUT2D eigenvalue weighted by Crippen LogP contribution is -2.23. The standard InChI is InChI=1S/C25H34FN3O2/c1-30-23-12-20-22(13-24(23)31-11-3-9-29-10-8-18(14-26)16-29)28-21-5-2-4-19(21)25(20)27-15-17-6-7-17/h12-13,17-18H,2-11,14-16H2,1H3,(H,27,28). The molecule has 1 atom stereocenters. The van der Waals surface area contributed by atoms with Crippen LogP contribution in [0.2, 0.25) is 0 Å². The molecule has 168 valence electrons. The van der Waals surface area contributed by atoms with Gasteiger partial charge in [-0.25, -0.2) is 0 Å². The Balaban J connectivity index is 1.31. The zero-order chi connectivity index (χ0) is 21.2. The van der Waals surface area contributed by atoms with Gasteiger partial charge in [0.2, 0.25) is 0 Å². The van der Waals surface area contributed by atoms with Crippen LogP contribution in [0.5, 0.6) is 11.5 Å². The van der Waals surface area contributed by atoms with Crippen LogP contribution in [0.4, 0.5) is 10.1 Å². The van der Waals surface area contributed by atoms with Gasteiger partial charge in [-0.2, -0.15) is 0 Å². The molecule has 1 unspecified atom stereocenters. The maximum absolute atomic E-state index is 12.8. The predicted octanol–water partition coefficient (Wildman–Crippen LogP) is 4.61. The molecular formula is C25H34FN3O2. The molecule has 5 nitrogen and oxygen atoms in total. The molecule has 0 bridgehead atoms. The van der Waals surface area contributed by atoms with Crippen LogP contribution in [0.3, 0.4) is 0 Å². The number of benzene rings is 1. The molecule has 2 heterocycles. The van der Waals surface area contributed by atoms with Crippen molar-refractivity contribution < 1.29 is 13.9 Å². The van der Waals surface area contributed by atoms with E-state index in [2.05, 4.69) is 16.3 Å². The van der Waals surface area contributed by atoms with Crippen LogP contribution in [-0.2, 0) is 12.8 Å². The average molecular weight is 428 g/mol. The van der Waals surface area contributed by atoms with Crippen LogP contribution in [0.1, 0.15) is 43.4 Å². The fourth-order valence-corrected chi connectivity index (χ4v) is 5.03. The van der Waals surface area contributed by atoms with Gasteiger partial charge < -0.3 is 19.7 Å². The number of rotatable bonds is 10. The SMILES string of the molecule is COc1cc2c(NCC3CC3)c3c(nc2cc1OCCCN1CCC(CF)C1)CCC3. The normalized spacial score (nSPS) is 20.9. The summed E-state index contributed by atoms with van der Waals surface area (Å²) in [5.41, 5.74) is 4.87. The van der Waals surface area contributed by atoms with E-state index in [0.717, 1.165) is 80.2 Å². The summed E-state index contributed by atoms with van der Waals surface area (Å²) in [6.07, 6.45) is 7.91. The summed E-state index contributed by atoms with van der Waals surface area (Å²) in [6, 6.07) is 4.14. The maximum atomic E-state index is 12.8. The number of anilines is 1. The molecule has 0 spiro atoms. The highest BCUT2D eigenvalue weighted by molar-refractivity contribution is 5.96. The molecule has 1 saturated heterocycles. The number of halogens is 1. The highest BCUT2D eigenvalue weighted by Crippen LogP contribution is 2.40. The lowest BCUT2D eigenvalue weighted by atomic mass is 10.1. The van der Waals surface area contributed by atoms with Crippen molar-refractivity contribution in [1.82, 2.24) is 9.88 Å². The van der Waals surface area contributed by atoms with Gasteiger partial charge in [0.25, 0.3) is 0 Å². The van der Waals surface area contributed by atoms with Gasteiger partial charge in [0, 0.05) is 48.4 Å². The zero-order valence-electron chi connectivity index (χ0n) is 18.6. The number of hydrogen-bond acceptors (Lipinski definition) is 5. The van der Waals surface area contributed by atoms with E-state index >= 15 is 0 Å². The number of likely N-dealkylation sites (tertiary alicyclic amines) is 1. The van der Waals surface area contributed by atoms with Gasteiger partial charge in [-0.1, -0.05) is 0 Å². The van der Waals surface area contributed by atoms with Crippen molar-refractivity contribution in [3.63, 3.8) is 0 Å². The van der Waals surface area contributed by atoms with Crippen LogP contribution in [-0.4, -0.2) is 56.5 Å². The number of aromatic nitrogens is 1. The summed E-state index contributed by atoms with van der Waals surface area (Å²) in [6.45, 7) is 4.30. The molecule has 3 aliphatic rings. The number of fused-ring (bicyclic) bond motifs is 2. The first-order valence-electron chi connectivity index (χ1n) is 11.9. The van der Waals surface area contributed by atoms with E-state index in [1.54, 1.807) is 7.11 Å². The Hall–Kier alpha value is -2.08. The van der Waals surface area contributed by atoms with Crippen molar-refractivity contribution in [1.29, 1.82) is 0 Å². The van der Waals surface area contributed by atoms with Crippen LogP contribution in [0, 0.1) is 11.8 Å². The lowest BCUT2D eigenvalue weighted by Gasteiger charge is -2.18. The Labute approximate surface area is 184 Å². The quantitative estimate of drug-likeness (QED) is 0.561. The number of hydrogen-bond donors (Lipinski definition) is 1. The van der Waals surface area contributed by atoms with Gasteiger partial charge in [0.05, 0.1) is 25.9 Å². The summed E-state index contributed by atoms with van der Waals surface area (Å²) in [7, 11) is 1.70. The number of methoxy groups -OCH3 is 1. The molecule has 1 aromatic heterocycles. The summed E-state index contributed by atoms with van der Waals surface area (Å²) in [5, 5.41) is 4.88.